The van der Waals surface area contributed by atoms with Gasteiger partial charge in [-0.3, -0.25) is 0 Å². The van der Waals surface area contributed by atoms with E-state index >= 15 is 0 Å². The maximum absolute atomic E-state index is 6.93. The van der Waals surface area contributed by atoms with Crippen LogP contribution in [0.2, 0.25) is 0 Å². The number of fused-ring (bicyclic) bond motifs is 2. The standard InChI is InChI=1S/C16H16Cl6N6O4P4/c17-33(18)25-34(19,20)27-36(22,24-12-2-4-14-16(10-12)32-8-6-30-14)28-35(21,26-33)23-11-1-3-13-15(9-11)31-7-5-29-13/h1-4,9-10,23-24H,5-8H2. The van der Waals surface area contributed by atoms with E-state index in [1.54, 1.807) is 36.4 Å². The van der Waals surface area contributed by atoms with Gasteiger partial charge in [0.1, 0.15) is 26.4 Å². The molecule has 36 heavy (non-hydrogen) atoms. The predicted molar refractivity (Wildman–Crippen MR) is 155 cm³/mol. The van der Waals surface area contributed by atoms with Gasteiger partial charge in [-0.2, -0.15) is 18.1 Å². The van der Waals surface area contributed by atoms with Crippen molar-refractivity contribution < 1.29 is 18.9 Å². The van der Waals surface area contributed by atoms with Gasteiger partial charge >= 0.3 is 0 Å². The van der Waals surface area contributed by atoms with Crippen LogP contribution in [0.3, 0.4) is 0 Å². The van der Waals surface area contributed by atoms with Crippen molar-refractivity contribution in [3.05, 3.63) is 36.4 Å². The molecule has 0 radical (unpaired) electrons. The summed E-state index contributed by atoms with van der Waals surface area (Å²) >= 11 is 39.4. The number of nitrogens with one attached hydrogen (secondary N) is 2. The molecule has 3 heterocycles. The number of anilines is 2. The summed E-state index contributed by atoms with van der Waals surface area (Å²) < 4.78 is 39.9. The molecule has 5 rings (SSSR count). The minimum absolute atomic E-state index is 0.412. The highest BCUT2D eigenvalue weighted by atomic mass is 35.9. The molecular formula is C16H16Cl6N6O4P4. The van der Waals surface area contributed by atoms with Crippen molar-refractivity contribution in [2.24, 2.45) is 18.1 Å². The largest absolute Gasteiger partial charge is 0.486 e. The molecular weight excluding hydrogens is 677 g/mol. The number of hydrogen-bond donors (Lipinski definition) is 2. The number of halogens is 6. The van der Waals surface area contributed by atoms with Crippen molar-refractivity contribution in [2.75, 3.05) is 36.6 Å². The number of ether oxygens (including phenoxy) is 4. The number of benzene rings is 2. The van der Waals surface area contributed by atoms with Crippen LogP contribution in [0.25, 0.3) is 0 Å². The van der Waals surface area contributed by atoms with E-state index in [0.29, 0.717) is 60.8 Å². The van der Waals surface area contributed by atoms with Gasteiger partial charge in [0.15, 0.2) is 23.0 Å². The number of nitrogens with zero attached hydrogens (tertiary/aromatic N) is 4. The molecule has 20 heteroatoms. The lowest BCUT2D eigenvalue weighted by atomic mass is 10.3. The van der Waals surface area contributed by atoms with Crippen molar-refractivity contribution in [3.63, 3.8) is 0 Å². The van der Waals surface area contributed by atoms with Crippen molar-refractivity contribution in [3.8, 4) is 23.0 Å². The second kappa shape index (κ2) is 10.5. The molecule has 0 saturated carbocycles. The lowest BCUT2D eigenvalue weighted by Gasteiger charge is -2.26. The van der Waals surface area contributed by atoms with Gasteiger partial charge in [-0.05, 0) is 91.7 Å². The van der Waals surface area contributed by atoms with Crippen LogP contribution in [0.1, 0.15) is 0 Å². The molecule has 2 unspecified atom stereocenters. The highest BCUT2D eigenvalue weighted by Gasteiger charge is 2.34. The molecule has 196 valence electrons. The van der Waals surface area contributed by atoms with Gasteiger partial charge in [-0.1, -0.05) is 0 Å². The molecule has 2 aromatic rings. The molecule has 3 aliphatic rings. The first kappa shape index (κ1) is 27.5. The molecule has 3 aliphatic heterocycles. The number of rotatable bonds is 4. The van der Waals surface area contributed by atoms with Crippen LogP contribution in [-0.4, -0.2) is 26.4 Å². The lowest BCUT2D eigenvalue weighted by molar-refractivity contribution is 0.171. The molecule has 0 saturated heterocycles. The van der Waals surface area contributed by atoms with E-state index < -0.39 is 25.2 Å². The predicted octanol–water partition coefficient (Wildman–Crippen LogP) is 11.0. The highest BCUT2D eigenvalue weighted by Crippen LogP contribution is 2.85. The summed E-state index contributed by atoms with van der Waals surface area (Å²) in [6, 6.07) is 10.3. The topological polar surface area (TPSA) is 110 Å². The smallest absolute Gasteiger partial charge is 0.262 e. The van der Waals surface area contributed by atoms with E-state index in [1.807, 2.05) is 0 Å². The fourth-order valence-electron chi connectivity index (χ4n) is 3.29. The second-order valence-electron chi connectivity index (χ2n) is 7.26. The molecule has 10 nitrogen and oxygen atoms in total. The quantitative estimate of drug-likeness (QED) is 0.309. The Balaban J connectivity index is 1.58. The highest BCUT2D eigenvalue weighted by molar-refractivity contribution is 8.21. The molecule has 0 aromatic heterocycles. The minimum atomic E-state index is -3.48. The van der Waals surface area contributed by atoms with Gasteiger partial charge in [-0.15, -0.1) is 0 Å². The van der Waals surface area contributed by atoms with Gasteiger partial charge in [-0.25, -0.2) is 0 Å². The van der Waals surface area contributed by atoms with Crippen molar-refractivity contribution in [2.45, 2.75) is 0 Å². The number of hydrogen-bond acceptors (Lipinski definition) is 10. The van der Waals surface area contributed by atoms with Gasteiger partial charge in [0, 0.05) is 23.5 Å². The summed E-state index contributed by atoms with van der Waals surface area (Å²) in [4.78, 5) is 0. The summed E-state index contributed by atoms with van der Waals surface area (Å²) in [5, 5.41) is 6.16. The van der Waals surface area contributed by atoms with Crippen LogP contribution in [0.5, 0.6) is 23.0 Å². The van der Waals surface area contributed by atoms with E-state index in [2.05, 4.69) is 28.2 Å². The van der Waals surface area contributed by atoms with Gasteiger partial charge < -0.3 is 29.1 Å². The van der Waals surface area contributed by atoms with Crippen LogP contribution < -0.4 is 29.1 Å². The lowest BCUT2D eigenvalue weighted by Crippen LogP contribution is -2.15. The molecule has 0 spiro atoms. The Morgan fingerprint density at radius 1 is 0.528 bits per heavy atom. The fraction of sp³-hybridized carbons (Fsp3) is 0.250. The first-order chi connectivity index (χ1) is 16.9. The van der Waals surface area contributed by atoms with Crippen LogP contribution in [-0.2, 0) is 0 Å². The minimum Gasteiger partial charge on any atom is -0.486 e. The average molecular weight is 693 g/mol. The molecule has 2 N–H and O–H groups in total. The first-order valence-corrected chi connectivity index (χ1v) is 22.2. The molecule has 0 aliphatic carbocycles. The van der Waals surface area contributed by atoms with Gasteiger partial charge in [0.25, 0.3) is 25.2 Å². The zero-order chi connectivity index (χ0) is 25.6. The third-order valence-electron chi connectivity index (χ3n) is 4.53. The normalized spacial score (nSPS) is 27.5. The van der Waals surface area contributed by atoms with Crippen LogP contribution >= 0.6 is 92.7 Å². The van der Waals surface area contributed by atoms with Crippen molar-refractivity contribution >= 4 is 104 Å². The molecule has 0 bridgehead atoms. The summed E-state index contributed by atoms with van der Waals surface area (Å²) in [5.74, 6) is -4.71. The maximum Gasteiger partial charge on any atom is 0.262 e. The van der Waals surface area contributed by atoms with E-state index in [9.17, 15) is 0 Å². The fourth-order valence-corrected chi connectivity index (χ4v) is 25.3. The molecule has 0 amide bonds. The first-order valence-electron chi connectivity index (χ1n) is 10.0. The Hall–Kier alpha value is -0.1000. The average Bonchev–Trinajstić information content (AvgIpc) is 2.75. The van der Waals surface area contributed by atoms with Crippen molar-refractivity contribution in [1.82, 2.24) is 0 Å². The monoisotopic (exact) mass is 690 g/mol. The Bertz CT molecular complexity index is 1370. The second-order valence-corrected chi connectivity index (χ2v) is 24.0. The summed E-state index contributed by atoms with van der Waals surface area (Å²) in [6.07, 6.45) is 0. The Morgan fingerprint density at radius 2 is 0.944 bits per heavy atom. The van der Waals surface area contributed by atoms with E-state index in [0.717, 1.165) is 0 Å². The van der Waals surface area contributed by atoms with E-state index in [4.69, 9.17) is 86.4 Å². The summed E-state index contributed by atoms with van der Waals surface area (Å²) in [6.45, 7) is -5.22. The van der Waals surface area contributed by atoms with Crippen LogP contribution in [0.15, 0.2) is 54.5 Å². The Labute approximate surface area is 235 Å². The van der Waals surface area contributed by atoms with Crippen LogP contribution in [0.4, 0.5) is 11.4 Å². The van der Waals surface area contributed by atoms with Gasteiger partial charge in [0.2, 0.25) is 0 Å². The van der Waals surface area contributed by atoms with Crippen LogP contribution in [0, 0.1) is 0 Å². The van der Waals surface area contributed by atoms with Crippen molar-refractivity contribution in [1.29, 1.82) is 0 Å². The SMILES string of the molecule is ClP1(Cl)=NP(Cl)(Cl)=NP(Cl)(Nc2ccc3c(c2)OCCO3)=NP(Cl)(Nc2ccc3c(c2)OCCO3)=N1. The Morgan fingerprint density at radius 3 is 1.44 bits per heavy atom. The zero-order valence-electron chi connectivity index (χ0n) is 17.8. The molecule has 2 atom stereocenters. The van der Waals surface area contributed by atoms with E-state index in [1.165, 1.54) is 0 Å². The molecule has 0 fully saturated rings. The summed E-state index contributed by atoms with van der Waals surface area (Å²) in [7, 11) is 0. The zero-order valence-corrected chi connectivity index (χ0v) is 25.9. The Kier molecular flexibility index (Phi) is 7.99. The summed E-state index contributed by atoms with van der Waals surface area (Å²) in [5.41, 5.74) is 1.04. The van der Waals surface area contributed by atoms with Gasteiger partial charge in [0.05, 0.1) is 0 Å². The maximum atomic E-state index is 6.93. The van der Waals surface area contributed by atoms with E-state index in [-0.39, 0.29) is 0 Å². The third kappa shape index (κ3) is 6.72. The third-order valence-corrected chi connectivity index (χ3v) is 20.7. The molecule has 2 aromatic carbocycles.